The molecular formula is C27H22ClN3O3. The van der Waals surface area contributed by atoms with Crippen molar-refractivity contribution in [2.75, 3.05) is 14.1 Å². The van der Waals surface area contributed by atoms with Crippen LogP contribution in [0.4, 0.5) is 0 Å². The summed E-state index contributed by atoms with van der Waals surface area (Å²) in [6.07, 6.45) is 2.02. The molecule has 5 atom stereocenters. The number of hydrogen-bond donors (Lipinski definition) is 1. The minimum absolute atomic E-state index is 0.0405. The maximum Gasteiger partial charge on any atom is 0.229 e. The molecule has 1 aliphatic heterocycles. The van der Waals surface area contributed by atoms with Gasteiger partial charge in [-0.25, -0.2) is 0 Å². The molecule has 6 rings (SSSR count). The minimum Gasteiger partial charge on any atom is -0.476 e. The van der Waals surface area contributed by atoms with Gasteiger partial charge in [0.15, 0.2) is 11.2 Å². The van der Waals surface area contributed by atoms with Crippen molar-refractivity contribution in [1.82, 2.24) is 9.88 Å². The number of halogens is 1. The molecule has 1 aromatic heterocycles. The molecule has 0 saturated heterocycles. The molecule has 0 spiro atoms. The quantitative estimate of drug-likeness (QED) is 0.624. The van der Waals surface area contributed by atoms with Crippen LogP contribution in [0.2, 0.25) is 5.02 Å². The molecule has 1 amide bonds. The topological polar surface area (TPSA) is 86.5 Å². The summed E-state index contributed by atoms with van der Waals surface area (Å²) in [6.45, 7) is 0. The van der Waals surface area contributed by atoms with Crippen LogP contribution in [0.15, 0.2) is 66.9 Å². The Balaban J connectivity index is 1.69. The summed E-state index contributed by atoms with van der Waals surface area (Å²) in [4.78, 5) is 19.9. The van der Waals surface area contributed by atoms with E-state index in [0.717, 1.165) is 5.56 Å². The van der Waals surface area contributed by atoms with Crippen molar-refractivity contribution in [3.63, 3.8) is 0 Å². The van der Waals surface area contributed by atoms with Gasteiger partial charge in [-0.3, -0.25) is 9.78 Å². The number of hydrogen-bond acceptors (Lipinski definition) is 5. The summed E-state index contributed by atoms with van der Waals surface area (Å²) >= 11 is 6.25. The molecule has 2 aliphatic carbocycles. The normalized spacial score (nSPS) is 32.1. The Hall–Kier alpha value is -3.40. The molecule has 34 heavy (non-hydrogen) atoms. The molecule has 170 valence electrons. The summed E-state index contributed by atoms with van der Waals surface area (Å²) in [5.74, 6) is -0.517. The highest BCUT2D eigenvalue weighted by molar-refractivity contribution is 6.30. The van der Waals surface area contributed by atoms with Crippen LogP contribution in [0.1, 0.15) is 34.7 Å². The van der Waals surface area contributed by atoms with Gasteiger partial charge in [-0.15, -0.1) is 0 Å². The van der Waals surface area contributed by atoms with Crippen LogP contribution in [0.5, 0.6) is 5.75 Å². The van der Waals surface area contributed by atoms with E-state index in [1.54, 1.807) is 37.2 Å². The lowest BCUT2D eigenvalue weighted by Crippen LogP contribution is -2.52. The van der Waals surface area contributed by atoms with Crippen LogP contribution < -0.4 is 4.74 Å². The van der Waals surface area contributed by atoms with Crippen LogP contribution in [-0.4, -0.2) is 35.0 Å². The number of nitriles is 1. The molecule has 6 nitrogen and oxygen atoms in total. The van der Waals surface area contributed by atoms with Crippen molar-refractivity contribution in [3.05, 3.63) is 94.3 Å². The van der Waals surface area contributed by atoms with Crippen LogP contribution in [-0.2, 0) is 16.0 Å². The lowest BCUT2D eigenvalue weighted by atomic mass is 9.67. The van der Waals surface area contributed by atoms with Crippen molar-refractivity contribution in [1.29, 1.82) is 5.26 Å². The second-order valence-electron chi connectivity index (χ2n) is 9.63. The smallest absolute Gasteiger partial charge is 0.229 e. The number of nitrogens with zero attached hydrogens (tertiary/aromatic N) is 3. The number of carbonyl (C=O) groups excluding carboxylic acids is 1. The second kappa shape index (κ2) is 6.82. The number of carbonyl (C=O) groups is 1. The second-order valence-corrected chi connectivity index (χ2v) is 10.1. The monoisotopic (exact) mass is 471 g/mol. The Kier molecular flexibility index (Phi) is 4.24. The van der Waals surface area contributed by atoms with Gasteiger partial charge in [0.1, 0.15) is 11.4 Å². The van der Waals surface area contributed by atoms with E-state index in [0.29, 0.717) is 34.0 Å². The van der Waals surface area contributed by atoms with Crippen molar-refractivity contribution in [2.45, 2.75) is 23.5 Å². The summed E-state index contributed by atoms with van der Waals surface area (Å²) in [7, 11) is 3.49. The van der Waals surface area contributed by atoms with Gasteiger partial charge in [0.2, 0.25) is 5.91 Å². The standard InChI is InChI=1S/C27H22ClN3O3/c1-31(2)24(32)25-13-21(25)26(33)23-20(12-19(28)15-30-23)34-27(26,18-10-8-16(14-29)9-11-18)22(25)17-6-4-3-5-7-17/h3-12,15,21-22,33H,13H2,1-2H3/t21-,22-,25-,26-,27+/m0/s1. The molecule has 0 radical (unpaired) electrons. The highest BCUT2D eigenvalue weighted by atomic mass is 35.5. The van der Waals surface area contributed by atoms with E-state index >= 15 is 0 Å². The van der Waals surface area contributed by atoms with E-state index in [1.807, 2.05) is 42.5 Å². The van der Waals surface area contributed by atoms with E-state index in [9.17, 15) is 15.2 Å². The number of fused-ring (bicyclic) bond motifs is 5. The maximum atomic E-state index is 13.8. The first-order valence-electron chi connectivity index (χ1n) is 11.2. The third-order valence-electron chi connectivity index (χ3n) is 7.83. The average molecular weight is 472 g/mol. The zero-order chi connectivity index (χ0) is 23.9. The van der Waals surface area contributed by atoms with Crippen molar-refractivity contribution in [3.8, 4) is 11.8 Å². The molecule has 0 bridgehead atoms. The average Bonchev–Trinajstić information content (AvgIpc) is 3.48. The Morgan fingerprint density at radius 3 is 2.56 bits per heavy atom. The Bertz CT molecular complexity index is 1370. The highest BCUT2D eigenvalue weighted by Gasteiger charge is 2.90. The number of amides is 1. The number of aromatic nitrogens is 1. The predicted octanol–water partition coefficient (Wildman–Crippen LogP) is 3.97. The number of ether oxygens (including phenoxy) is 1. The van der Waals surface area contributed by atoms with Gasteiger partial charge in [0.25, 0.3) is 0 Å². The Labute approximate surface area is 202 Å². The summed E-state index contributed by atoms with van der Waals surface area (Å²) < 4.78 is 6.73. The lowest BCUT2D eigenvalue weighted by molar-refractivity contribution is -0.139. The molecule has 2 heterocycles. The number of rotatable bonds is 3. The van der Waals surface area contributed by atoms with E-state index in [2.05, 4.69) is 11.1 Å². The van der Waals surface area contributed by atoms with Gasteiger partial charge >= 0.3 is 0 Å². The molecule has 7 heteroatoms. The van der Waals surface area contributed by atoms with Crippen molar-refractivity contribution >= 4 is 17.5 Å². The van der Waals surface area contributed by atoms with Crippen molar-refractivity contribution in [2.24, 2.45) is 11.3 Å². The van der Waals surface area contributed by atoms with Crippen LogP contribution in [0.3, 0.4) is 0 Å². The van der Waals surface area contributed by atoms with Gasteiger partial charge in [0, 0.05) is 38.2 Å². The van der Waals surface area contributed by atoms with Crippen molar-refractivity contribution < 1.29 is 14.6 Å². The Morgan fingerprint density at radius 2 is 1.91 bits per heavy atom. The van der Waals surface area contributed by atoms with Gasteiger partial charge in [0.05, 0.1) is 22.1 Å². The molecular weight excluding hydrogens is 450 g/mol. The predicted molar refractivity (Wildman–Crippen MR) is 125 cm³/mol. The highest BCUT2D eigenvalue weighted by Crippen LogP contribution is 2.84. The summed E-state index contributed by atoms with van der Waals surface area (Å²) in [6, 6.07) is 20.6. The van der Waals surface area contributed by atoms with E-state index in [1.165, 1.54) is 6.20 Å². The number of aliphatic hydroxyl groups is 1. The van der Waals surface area contributed by atoms with Gasteiger partial charge in [-0.05, 0) is 29.7 Å². The maximum absolute atomic E-state index is 13.8. The Morgan fingerprint density at radius 1 is 1.21 bits per heavy atom. The molecule has 3 aromatic rings. The SMILES string of the molecule is CN(C)C(=O)[C@@]12C[C@@H]1[C@]1(O)c3ncc(Cl)cc3O[C@]1(c1ccc(C#N)cc1)[C@H]2c1ccccc1. The fraction of sp³-hybridized carbons (Fsp3) is 0.296. The van der Waals surface area contributed by atoms with Crippen LogP contribution >= 0.6 is 11.6 Å². The van der Waals surface area contributed by atoms with Gasteiger partial charge in [-0.2, -0.15) is 5.26 Å². The van der Waals surface area contributed by atoms with E-state index in [-0.39, 0.29) is 5.91 Å². The number of pyridine rings is 1. The third-order valence-corrected chi connectivity index (χ3v) is 8.03. The minimum atomic E-state index is -1.56. The summed E-state index contributed by atoms with van der Waals surface area (Å²) in [5, 5.41) is 22.4. The van der Waals surface area contributed by atoms with Crippen LogP contribution in [0.25, 0.3) is 0 Å². The first kappa shape index (κ1) is 21.2. The molecule has 2 aromatic carbocycles. The van der Waals surface area contributed by atoms with E-state index in [4.69, 9.17) is 16.3 Å². The largest absolute Gasteiger partial charge is 0.476 e. The van der Waals surface area contributed by atoms with E-state index < -0.39 is 28.5 Å². The fourth-order valence-corrected chi connectivity index (χ4v) is 6.74. The number of benzene rings is 2. The molecule has 1 N–H and O–H groups in total. The molecule has 0 unspecified atom stereocenters. The first-order chi connectivity index (χ1) is 16.3. The zero-order valence-corrected chi connectivity index (χ0v) is 19.5. The fourth-order valence-electron chi connectivity index (χ4n) is 6.59. The summed E-state index contributed by atoms with van der Waals surface area (Å²) in [5.41, 5.74) is -1.25. The first-order valence-corrected chi connectivity index (χ1v) is 11.5. The van der Waals surface area contributed by atoms with Gasteiger partial charge < -0.3 is 14.7 Å². The van der Waals surface area contributed by atoms with Crippen LogP contribution in [0, 0.1) is 22.7 Å². The zero-order valence-electron chi connectivity index (χ0n) is 18.7. The lowest BCUT2D eigenvalue weighted by Gasteiger charge is -2.43. The molecule has 2 saturated carbocycles. The van der Waals surface area contributed by atoms with Gasteiger partial charge in [-0.1, -0.05) is 54.1 Å². The third kappa shape index (κ3) is 2.33. The molecule has 2 fully saturated rings. The molecule has 3 aliphatic rings.